The molecule has 0 aliphatic carbocycles. The van der Waals surface area contributed by atoms with Gasteiger partial charge in [0.2, 0.25) is 0 Å². The van der Waals surface area contributed by atoms with Crippen LogP contribution in [-0.2, 0) is 19.0 Å². The van der Waals surface area contributed by atoms with Gasteiger partial charge in [-0.05, 0) is 53.4 Å². The Balaban J connectivity index is 1.66. The van der Waals surface area contributed by atoms with Crippen LogP contribution in [0.4, 0.5) is 0 Å². The van der Waals surface area contributed by atoms with E-state index in [1.807, 2.05) is 6.92 Å². The lowest BCUT2D eigenvalue weighted by atomic mass is 9.94. The van der Waals surface area contributed by atoms with Crippen molar-refractivity contribution in [1.29, 1.82) is 0 Å². The quantitative estimate of drug-likeness (QED) is 0.409. The molecule has 0 N–H and O–H groups in total. The zero-order chi connectivity index (χ0) is 15.0. The lowest BCUT2D eigenvalue weighted by molar-refractivity contribution is -0.134. The summed E-state index contributed by atoms with van der Waals surface area (Å²) in [6, 6.07) is 0. The highest BCUT2D eigenvalue weighted by Crippen LogP contribution is 2.47. The van der Waals surface area contributed by atoms with E-state index in [0.29, 0.717) is 12.2 Å². The summed E-state index contributed by atoms with van der Waals surface area (Å²) in [5.41, 5.74) is 1.12. The van der Waals surface area contributed by atoms with Crippen LogP contribution in [0.1, 0.15) is 53.4 Å². The maximum absolute atomic E-state index is 11.1. The fourth-order valence-corrected chi connectivity index (χ4v) is 2.72. The standard InChI is InChI=1S/C16H26O4/c1-11(10-14(17)18-5)6-7-13-16(4,20-13)9-8-12-15(2,3)19-12/h10,12-13H,6-9H2,1-5H3/t12-,13+,16+/m1/s1. The molecule has 0 aromatic rings. The van der Waals surface area contributed by atoms with Crippen molar-refractivity contribution in [2.45, 2.75) is 76.8 Å². The molecule has 2 saturated heterocycles. The molecule has 0 aromatic heterocycles. The molecule has 3 atom stereocenters. The Morgan fingerprint density at radius 2 is 1.85 bits per heavy atom. The van der Waals surface area contributed by atoms with Crippen molar-refractivity contribution >= 4 is 5.97 Å². The lowest BCUT2D eigenvalue weighted by Crippen LogP contribution is -2.13. The van der Waals surface area contributed by atoms with E-state index in [2.05, 4.69) is 25.5 Å². The van der Waals surface area contributed by atoms with Crippen molar-refractivity contribution in [3.05, 3.63) is 11.6 Å². The average Bonchev–Trinajstić information content (AvgIpc) is 3.21. The second kappa shape index (κ2) is 5.49. The molecule has 0 bridgehead atoms. The summed E-state index contributed by atoms with van der Waals surface area (Å²) < 4.78 is 16.0. The van der Waals surface area contributed by atoms with Crippen molar-refractivity contribution in [2.24, 2.45) is 0 Å². The minimum atomic E-state index is -0.282. The highest BCUT2D eigenvalue weighted by Gasteiger charge is 2.54. The maximum Gasteiger partial charge on any atom is 0.330 e. The molecule has 2 aliphatic rings. The van der Waals surface area contributed by atoms with Gasteiger partial charge in [-0.2, -0.15) is 0 Å². The summed E-state index contributed by atoms with van der Waals surface area (Å²) in [5, 5.41) is 0. The van der Waals surface area contributed by atoms with Gasteiger partial charge in [-0.1, -0.05) is 5.57 Å². The second-order valence-corrected chi connectivity index (χ2v) is 6.72. The van der Waals surface area contributed by atoms with Crippen LogP contribution in [0.3, 0.4) is 0 Å². The SMILES string of the molecule is COC(=O)C=C(C)CC[C@@H]1O[C@@]1(C)CC[C@H]1OC1(C)C. The number of methoxy groups -OCH3 is 1. The van der Waals surface area contributed by atoms with Crippen LogP contribution in [0.5, 0.6) is 0 Å². The number of carbonyl (C=O) groups excluding carboxylic acids is 1. The fraction of sp³-hybridized carbons (Fsp3) is 0.812. The van der Waals surface area contributed by atoms with Crippen LogP contribution in [0, 0.1) is 0 Å². The van der Waals surface area contributed by atoms with E-state index in [0.717, 1.165) is 31.3 Å². The highest BCUT2D eigenvalue weighted by molar-refractivity contribution is 5.82. The summed E-state index contributed by atoms with van der Waals surface area (Å²) in [5.74, 6) is -0.282. The van der Waals surface area contributed by atoms with Crippen LogP contribution in [-0.4, -0.2) is 36.5 Å². The monoisotopic (exact) mass is 282 g/mol. The fourth-order valence-electron chi connectivity index (χ4n) is 2.72. The highest BCUT2D eigenvalue weighted by atomic mass is 16.6. The number of allylic oxidation sites excluding steroid dienone is 1. The summed E-state index contributed by atoms with van der Waals surface area (Å²) in [7, 11) is 1.40. The first-order valence-corrected chi connectivity index (χ1v) is 7.37. The minimum absolute atomic E-state index is 0.00752. The molecule has 2 aliphatic heterocycles. The average molecular weight is 282 g/mol. The summed E-state index contributed by atoms with van der Waals surface area (Å²) >= 11 is 0. The Hall–Kier alpha value is -0.870. The topological polar surface area (TPSA) is 51.4 Å². The number of hydrogen-bond acceptors (Lipinski definition) is 4. The van der Waals surface area contributed by atoms with Crippen molar-refractivity contribution in [3.8, 4) is 0 Å². The van der Waals surface area contributed by atoms with E-state index in [9.17, 15) is 4.79 Å². The third-order valence-electron chi connectivity index (χ3n) is 4.47. The van der Waals surface area contributed by atoms with Gasteiger partial charge in [0, 0.05) is 6.08 Å². The Morgan fingerprint density at radius 3 is 2.40 bits per heavy atom. The molecule has 0 aromatic carbocycles. The van der Waals surface area contributed by atoms with Gasteiger partial charge >= 0.3 is 5.97 Å². The first-order valence-electron chi connectivity index (χ1n) is 7.37. The largest absolute Gasteiger partial charge is 0.466 e. The molecule has 4 heteroatoms. The van der Waals surface area contributed by atoms with Crippen molar-refractivity contribution in [2.75, 3.05) is 7.11 Å². The number of hydrogen-bond donors (Lipinski definition) is 0. The molecule has 0 radical (unpaired) electrons. The molecule has 0 spiro atoms. The summed E-state index contributed by atoms with van der Waals surface area (Å²) in [4.78, 5) is 11.1. The third kappa shape index (κ3) is 3.83. The molecular formula is C16H26O4. The van der Waals surface area contributed by atoms with Gasteiger partial charge < -0.3 is 14.2 Å². The Labute approximate surface area is 121 Å². The first-order chi connectivity index (χ1) is 9.27. The zero-order valence-corrected chi connectivity index (χ0v) is 13.2. The third-order valence-corrected chi connectivity index (χ3v) is 4.47. The van der Waals surface area contributed by atoms with Gasteiger partial charge in [0.05, 0.1) is 30.5 Å². The Morgan fingerprint density at radius 1 is 1.20 bits per heavy atom. The minimum Gasteiger partial charge on any atom is -0.466 e. The van der Waals surface area contributed by atoms with E-state index >= 15 is 0 Å². The van der Waals surface area contributed by atoms with Gasteiger partial charge in [-0.3, -0.25) is 0 Å². The molecule has 2 rings (SSSR count). The van der Waals surface area contributed by atoms with Gasteiger partial charge in [-0.25, -0.2) is 4.79 Å². The molecule has 4 nitrogen and oxygen atoms in total. The number of carbonyl (C=O) groups is 1. The molecule has 20 heavy (non-hydrogen) atoms. The molecule has 2 fully saturated rings. The van der Waals surface area contributed by atoms with Gasteiger partial charge in [0.1, 0.15) is 0 Å². The Bertz CT molecular complexity index is 413. The smallest absolute Gasteiger partial charge is 0.330 e. The Kier molecular flexibility index (Phi) is 4.26. The number of esters is 1. The van der Waals surface area contributed by atoms with Gasteiger partial charge in [0.15, 0.2) is 0 Å². The van der Waals surface area contributed by atoms with Crippen LogP contribution >= 0.6 is 0 Å². The summed E-state index contributed by atoms with van der Waals surface area (Å²) in [6.07, 6.45) is 6.21. The lowest BCUT2D eigenvalue weighted by Gasteiger charge is -2.05. The van der Waals surface area contributed by atoms with Crippen LogP contribution in [0.25, 0.3) is 0 Å². The predicted octanol–water partition coefficient (Wildman–Crippen LogP) is 3.00. The van der Waals surface area contributed by atoms with Crippen LogP contribution in [0.2, 0.25) is 0 Å². The second-order valence-electron chi connectivity index (χ2n) is 6.72. The molecule has 0 unspecified atom stereocenters. The van der Waals surface area contributed by atoms with E-state index in [1.54, 1.807) is 6.08 Å². The number of rotatable bonds is 7. The van der Waals surface area contributed by atoms with Crippen LogP contribution < -0.4 is 0 Å². The molecule has 0 amide bonds. The maximum atomic E-state index is 11.1. The van der Waals surface area contributed by atoms with Crippen molar-refractivity contribution in [3.63, 3.8) is 0 Å². The van der Waals surface area contributed by atoms with E-state index in [-0.39, 0.29) is 17.2 Å². The molecule has 114 valence electrons. The van der Waals surface area contributed by atoms with E-state index < -0.39 is 0 Å². The van der Waals surface area contributed by atoms with E-state index in [1.165, 1.54) is 7.11 Å². The van der Waals surface area contributed by atoms with Crippen molar-refractivity contribution in [1.82, 2.24) is 0 Å². The normalized spacial score (nSPS) is 34.8. The zero-order valence-electron chi connectivity index (χ0n) is 13.2. The van der Waals surface area contributed by atoms with Crippen molar-refractivity contribution < 1.29 is 19.0 Å². The van der Waals surface area contributed by atoms with Gasteiger partial charge in [-0.15, -0.1) is 0 Å². The molecule has 2 heterocycles. The number of ether oxygens (including phenoxy) is 3. The molecule has 0 saturated carbocycles. The first kappa shape index (κ1) is 15.5. The van der Waals surface area contributed by atoms with Gasteiger partial charge in [0.25, 0.3) is 0 Å². The molecular weight excluding hydrogens is 256 g/mol. The summed E-state index contributed by atoms with van der Waals surface area (Å²) in [6.45, 7) is 8.39. The van der Waals surface area contributed by atoms with E-state index in [4.69, 9.17) is 9.47 Å². The predicted molar refractivity (Wildman–Crippen MR) is 76.5 cm³/mol. The number of epoxide rings is 2. The van der Waals surface area contributed by atoms with Crippen LogP contribution in [0.15, 0.2) is 11.6 Å².